The summed E-state index contributed by atoms with van der Waals surface area (Å²) in [6.07, 6.45) is 13.3. The Bertz CT molecular complexity index is 1330. The standard InChI is InChI=1S/C48H90O8Si3/c1-17-42(55-58(21-5,22-6)23-7)39(14)47-44(52-47)35-48(16,56-59(24-8,25-9)26-10)33-27-28-37(12)46-38(13)30-32-43(51-40(15)49)36(11)29-31-41(34-45(50)53-46)54-57(18-2,19-3)20-4/h27-28,30,32-33,36,38-39,41-44,46-47H,17-26,29,31,34-35H2,1-16H3/b32-30-,33-27+,37-28+. The number of allylic oxidation sites excluding steroid dienone is 2. The summed E-state index contributed by atoms with van der Waals surface area (Å²) < 4.78 is 40.1. The third-order valence-corrected chi connectivity index (χ3v) is 28.7. The lowest BCUT2D eigenvalue weighted by atomic mass is 9.91. The van der Waals surface area contributed by atoms with E-state index in [0.29, 0.717) is 12.3 Å². The second-order valence-corrected chi connectivity index (χ2v) is 32.5. The van der Waals surface area contributed by atoms with Crippen LogP contribution < -0.4 is 0 Å². The number of cyclic esters (lactones) is 1. The number of carbonyl (C=O) groups is 2. The monoisotopic (exact) mass is 879 g/mol. The maximum atomic E-state index is 13.9. The number of hydrogen-bond donors (Lipinski definition) is 0. The molecular weight excluding hydrogens is 789 g/mol. The van der Waals surface area contributed by atoms with E-state index >= 15 is 0 Å². The predicted molar refractivity (Wildman–Crippen MR) is 253 cm³/mol. The number of rotatable bonds is 24. The quantitative estimate of drug-likeness (QED) is 0.0311. The third-order valence-electron chi connectivity index (χ3n) is 14.6. The van der Waals surface area contributed by atoms with Crippen molar-refractivity contribution in [3.05, 3.63) is 36.0 Å². The first-order chi connectivity index (χ1) is 27.9. The molecule has 2 aliphatic rings. The summed E-state index contributed by atoms with van der Waals surface area (Å²) in [7, 11) is -5.75. The highest BCUT2D eigenvalue weighted by Crippen LogP contribution is 2.42. The highest BCUT2D eigenvalue weighted by atomic mass is 28.4. The number of hydrogen-bond acceptors (Lipinski definition) is 8. The van der Waals surface area contributed by atoms with Crippen molar-refractivity contribution in [2.75, 3.05) is 0 Å². The Balaban J connectivity index is 2.49. The van der Waals surface area contributed by atoms with Crippen molar-refractivity contribution in [1.82, 2.24) is 0 Å². The molecule has 0 N–H and O–H groups in total. The van der Waals surface area contributed by atoms with E-state index < -0.39 is 36.7 Å². The van der Waals surface area contributed by atoms with Gasteiger partial charge in [-0.05, 0) is 105 Å². The van der Waals surface area contributed by atoms with Crippen LogP contribution in [0.4, 0.5) is 0 Å². The molecule has 0 amide bonds. The minimum Gasteiger partial charge on any atom is -0.458 e. The summed E-state index contributed by atoms with van der Waals surface area (Å²) >= 11 is 0. The van der Waals surface area contributed by atoms with E-state index in [1.165, 1.54) is 6.92 Å². The lowest BCUT2D eigenvalue weighted by Crippen LogP contribution is -2.46. The Morgan fingerprint density at radius 3 is 1.92 bits per heavy atom. The average Bonchev–Trinajstić information content (AvgIpc) is 3.99. The van der Waals surface area contributed by atoms with Crippen molar-refractivity contribution in [3.63, 3.8) is 0 Å². The maximum Gasteiger partial charge on any atom is 0.308 e. The molecule has 2 aliphatic heterocycles. The van der Waals surface area contributed by atoms with E-state index in [1.807, 2.05) is 19.1 Å². The number of epoxide rings is 1. The molecule has 8 nitrogen and oxygen atoms in total. The van der Waals surface area contributed by atoms with Crippen LogP contribution in [0.5, 0.6) is 0 Å². The predicted octanol–water partition coefficient (Wildman–Crippen LogP) is 13.1. The first kappa shape index (κ1) is 53.8. The number of ether oxygens (including phenoxy) is 3. The molecule has 59 heavy (non-hydrogen) atoms. The minimum absolute atomic E-state index is 0.0726. The third kappa shape index (κ3) is 15.7. The van der Waals surface area contributed by atoms with E-state index in [4.69, 9.17) is 27.5 Å². The Morgan fingerprint density at radius 1 is 0.847 bits per heavy atom. The molecule has 0 aromatic rings. The van der Waals surface area contributed by atoms with E-state index in [-0.39, 0.29) is 60.7 Å². The van der Waals surface area contributed by atoms with Gasteiger partial charge in [0.05, 0.1) is 30.3 Å². The zero-order valence-corrected chi connectivity index (χ0v) is 43.7. The molecule has 0 spiro atoms. The summed E-state index contributed by atoms with van der Waals surface area (Å²) in [4.78, 5) is 26.1. The second-order valence-electron chi connectivity index (χ2n) is 18.4. The molecule has 0 aliphatic carbocycles. The topological polar surface area (TPSA) is 92.8 Å². The van der Waals surface area contributed by atoms with E-state index in [9.17, 15) is 9.59 Å². The molecular formula is C48H90O8Si3. The van der Waals surface area contributed by atoms with E-state index in [1.54, 1.807) is 0 Å². The average molecular weight is 879 g/mol. The molecule has 11 heteroatoms. The lowest BCUT2D eigenvalue weighted by Gasteiger charge is -2.39. The zero-order chi connectivity index (χ0) is 44.6. The van der Waals surface area contributed by atoms with Gasteiger partial charge in [0, 0.05) is 31.3 Å². The lowest BCUT2D eigenvalue weighted by molar-refractivity contribution is -0.151. The minimum atomic E-state index is -2.00. The van der Waals surface area contributed by atoms with Gasteiger partial charge in [-0.25, -0.2) is 0 Å². The van der Waals surface area contributed by atoms with Crippen molar-refractivity contribution in [2.45, 2.75) is 240 Å². The van der Waals surface area contributed by atoms with Crippen LogP contribution in [0.25, 0.3) is 0 Å². The van der Waals surface area contributed by atoms with Crippen molar-refractivity contribution < 1.29 is 37.1 Å². The van der Waals surface area contributed by atoms with E-state index in [2.05, 4.69) is 115 Å². The summed E-state index contributed by atoms with van der Waals surface area (Å²) in [6.45, 7) is 34.9. The first-order valence-electron chi connectivity index (χ1n) is 24.0. The maximum absolute atomic E-state index is 13.9. The Hall–Kier alpha value is -1.35. The van der Waals surface area contributed by atoms with Crippen LogP contribution in [0.15, 0.2) is 36.0 Å². The van der Waals surface area contributed by atoms with Crippen LogP contribution in [-0.2, 0) is 37.1 Å². The molecule has 0 radical (unpaired) electrons. The molecule has 2 heterocycles. The Morgan fingerprint density at radius 2 is 1.41 bits per heavy atom. The van der Waals surface area contributed by atoms with Gasteiger partial charge in [-0.1, -0.05) is 114 Å². The molecule has 0 aromatic carbocycles. The van der Waals surface area contributed by atoms with Crippen LogP contribution in [0, 0.1) is 17.8 Å². The highest BCUT2D eigenvalue weighted by Gasteiger charge is 2.50. The molecule has 1 saturated heterocycles. The molecule has 10 unspecified atom stereocenters. The summed E-state index contributed by atoms with van der Waals surface area (Å²) in [5, 5.41) is 0. The van der Waals surface area contributed by atoms with Gasteiger partial charge in [0.15, 0.2) is 25.0 Å². The zero-order valence-electron chi connectivity index (χ0n) is 40.7. The summed E-state index contributed by atoms with van der Waals surface area (Å²) in [5.41, 5.74) is 0.417. The fraction of sp³-hybridized carbons (Fsp3) is 0.833. The highest BCUT2D eigenvalue weighted by molar-refractivity contribution is 6.74. The first-order valence-corrected chi connectivity index (χ1v) is 31.6. The fourth-order valence-corrected chi connectivity index (χ4v) is 18.5. The molecule has 2 rings (SSSR count). The molecule has 10 atom stereocenters. The van der Waals surface area contributed by atoms with Gasteiger partial charge in [-0.2, -0.15) is 0 Å². The van der Waals surface area contributed by atoms with Gasteiger partial charge in [0.1, 0.15) is 12.2 Å². The molecule has 0 aromatic heterocycles. The number of carbonyl (C=O) groups excluding carboxylic acids is 2. The smallest absolute Gasteiger partial charge is 0.308 e. The van der Waals surface area contributed by atoms with Crippen LogP contribution in [-0.4, -0.2) is 79.1 Å². The van der Waals surface area contributed by atoms with Crippen LogP contribution >= 0.6 is 0 Å². The van der Waals surface area contributed by atoms with Gasteiger partial charge in [-0.15, -0.1) is 0 Å². The molecule has 342 valence electrons. The van der Waals surface area contributed by atoms with Gasteiger partial charge in [0.25, 0.3) is 0 Å². The molecule has 0 bridgehead atoms. The van der Waals surface area contributed by atoms with Gasteiger partial charge in [-0.3, -0.25) is 9.59 Å². The Labute approximate surface area is 365 Å². The van der Waals surface area contributed by atoms with E-state index in [0.717, 1.165) is 79.2 Å². The largest absolute Gasteiger partial charge is 0.458 e. The second kappa shape index (κ2) is 25.1. The summed E-state index contributed by atoms with van der Waals surface area (Å²) in [5.74, 6) is -0.304. The Kier molecular flexibility index (Phi) is 22.9. The van der Waals surface area contributed by atoms with Gasteiger partial charge in [0.2, 0.25) is 0 Å². The van der Waals surface area contributed by atoms with Crippen molar-refractivity contribution in [2.24, 2.45) is 17.8 Å². The van der Waals surface area contributed by atoms with Crippen LogP contribution in [0.3, 0.4) is 0 Å². The molecule has 1 fully saturated rings. The van der Waals surface area contributed by atoms with Crippen LogP contribution in [0.2, 0.25) is 54.4 Å². The SMILES string of the molecule is CCC(O[Si](CC)(CC)CC)C(C)C1OC1CC(C)(/C=C/C=C(\C)C1OC(=O)CC(O[Si](CC)(CC)CC)CCC(C)C(OC(C)=O)/C=C\C1C)O[Si](CC)(CC)CC. The van der Waals surface area contributed by atoms with Gasteiger partial charge >= 0.3 is 11.9 Å². The fourth-order valence-electron chi connectivity index (χ4n) is 9.46. The summed E-state index contributed by atoms with van der Waals surface area (Å²) in [6, 6.07) is 9.65. The normalized spacial score (nSPS) is 27.9. The van der Waals surface area contributed by atoms with Crippen LogP contribution in [0.1, 0.15) is 143 Å². The van der Waals surface area contributed by atoms with Crippen molar-refractivity contribution >= 4 is 36.9 Å². The van der Waals surface area contributed by atoms with Crippen molar-refractivity contribution in [1.29, 1.82) is 0 Å². The van der Waals surface area contributed by atoms with Crippen molar-refractivity contribution in [3.8, 4) is 0 Å². The number of esters is 2. The van der Waals surface area contributed by atoms with Gasteiger partial charge < -0.3 is 27.5 Å². The molecule has 0 saturated carbocycles.